The number of benzene rings is 1. The lowest BCUT2D eigenvalue weighted by molar-refractivity contribution is -0.140. The summed E-state index contributed by atoms with van der Waals surface area (Å²) in [7, 11) is 4.61. The summed E-state index contributed by atoms with van der Waals surface area (Å²) in [6, 6.07) is 7.91. The molecule has 19 heavy (non-hydrogen) atoms. The average molecular weight is 267 g/mol. The van der Waals surface area contributed by atoms with Crippen molar-refractivity contribution < 1.29 is 19.0 Å². The molecule has 1 aromatic carbocycles. The van der Waals surface area contributed by atoms with Crippen LogP contribution in [0.1, 0.15) is 12.0 Å². The molecule has 0 aliphatic rings. The summed E-state index contributed by atoms with van der Waals surface area (Å²) in [5.74, 6) is -0.190. The summed E-state index contributed by atoms with van der Waals surface area (Å²) < 4.78 is 14.8. The molecule has 0 fully saturated rings. The van der Waals surface area contributed by atoms with Crippen LogP contribution in [0.4, 0.5) is 5.69 Å². The zero-order chi connectivity index (χ0) is 14.1. The first-order valence-electron chi connectivity index (χ1n) is 6.14. The Kier molecular flexibility index (Phi) is 6.92. The maximum Gasteiger partial charge on any atom is 0.305 e. The van der Waals surface area contributed by atoms with Gasteiger partial charge < -0.3 is 19.5 Å². The summed E-state index contributed by atoms with van der Waals surface area (Å²) >= 11 is 0. The van der Waals surface area contributed by atoms with Crippen LogP contribution >= 0.6 is 0 Å². The van der Waals surface area contributed by atoms with Crippen molar-refractivity contribution in [3.63, 3.8) is 0 Å². The highest BCUT2D eigenvalue weighted by Crippen LogP contribution is 2.11. The van der Waals surface area contributed by atoms with E-state index >= 15 is 0 Å². The Morgan fingerprint density at radius 1 is 1.16 bits per heavy atom. The van der Waals surface area contributed by atoms with E-state index in [1.165, 1.54) is 7.11 Å². The van der Waals surface area contributed by atoms with Gasteiger partial charge in [0.2, 0.25) is 0 Å². The van der Waals surface area contributed by atoms with Gasteiger partial charge in [-0.25, -0.2) is 0 Å². The molecule has 0 aliphatic carbocycles. The maximum atomic E-state index is 11.0. The topological polar surface area (TPSA) is 56.8 Å². The Morgan fingerprint density at radius 2 is 1.79 bits per heavy atom. The Balaban J connectivity index is 2.41. The molecule has 1 N–H and O–H groups in total. The molecule has 1 aromatic rings. The third-order valence-corrected chi connectivity index (χ3v) is 2.80. The van der Waals surface area contributed by atoms with Gasteiger partial charge in [0.1, 0.15) is 0 Å². The number of hydrogen-bond acceptors (Lipinski definition) is 5. The van der Waals surface area contributed by atoms with Gasteiger partial charge in [-0.15, -0.1) is 0 Å². The fourth-order valence-corrected chi connectivity index (χ4v) is 1.60. The number of esters is 1. The summed E-state index contributed by atoms with van der Waals surface area (Å²) in [5, 5.41) is 3.21. The number of carbonyl (C=O) groups is 1. The first-order chi connectivity index (χ1) is 9.19. The molecule has 0 amide bonds. The smallest absolute Gasteiger partial charge is 0.305 e. The highest BCUT2D eigenvalue weighted by molar-refractivity contribution is 5.69. The van der Waals surface area contributed by atoms with Crippen molar-refractivity contribution in [2.45, 2.75) is 19.1 Å². The summed E-state index contributed by atoms with van der Waals surface area (Å²) in [6.45, 7) is 0.578. The SMILES string of the molecule is COC(=O)CCc1ccc(NCC(OC)OC)cc1. The van der Waals surface area contributed by atoms with Crippen LogP contribution in [0.5, 0.6) is 0 Å². The molecule has 0 heterocycles. The Bertz CT molecular complexity index is 374. The Morgan fingerprint density at radius 3 is 2.32 bits per heavy atom. The van der Waals surface area contributed by atoms with Crippen molar-refractivity contribution >= 4 is 11.7 Å². The molecule has 0 aromatic heterocycles. The second-order valence-corrected chi connectivity index (χ2v) is 4.05. The number of rotatable bonds is 8. The number of anilines is 1. The zero-order valence-electron chi connectivity index (χ0n) is 11.6. The minimum atomic E-state index is -0.265. The van der Waals surface area contributed by atoms with Crippen molar-refractivity contribution in [3.05, 3.63) is 29.8 Å². The molecule has 5 nitrogen and oxygen atoms in total. The second-order valence-electron chi connectivity index (χ2n) is 4.05. The number of methoxy groups -OCH3 is 3. The molecule has 0 aliphatic heterocycles. The quantitative estimate of drug-likeness (QED) is 0.575. The molecule has 5 heteroatoms. The average Bonchev–Trinajstić information content (AvgIpc) is 2.47. The van der Waals surface area contributed by atoms with Gasteiger partial charge in [-0.3, -0.25) is 4.79 Å². The lowest BCUT2D eigenvalue weighted by Crippen LogP contribution is -2.23. The fraction of sp³-hybridized carbons (Fsp3) is 0.500. The number of ether oxygens (including phenoxy) is 3. The van der Waals surface area contributed by atoms with Gasteiger partial charge in [-0.1, -0.05) is 12.1 Å². The minimum absolute atomic E-state index is 0.190. The van der Waals surface area contributed by atoms with Gasteiger partial charge in [0.05, 0.1) is 13.7 Å². The van der Waals surface area contributed by atoms with E-state index in [1.807, 2.05) is 24.3 Å². The van der Waals surface area contributed by atoms with Crippen LogP contribution in [0.3, 0.4) is 0 Å². The van der Waals surface area contributed by atoms with E-state index in [1.54, 1.807) is 14.2 Å². The third-order valence-electron chi connectivity index (χ3n) is 2.80. The first kappa shape index (κ1) is 15.5. The number of carbonyl (C=O) groups excluding carboxylic acids is 1. The van der Waals surface area contributed by atoms with Gasteiger partial charge in [-0.2, -0.15) is 0 Å². The van der Waals surface area contributed by atoms with E-state index in [0.29, 0.717) is 19.4 Å². The van der Waals surface area contributed by atoms with Crippen LogP contribution in [0, 0.1) is 0 Å². The highest BCUT2D eigenvalue weighted by Gasteiger charge is 2.04. The highest BCUT2D eigenvalue weighted by atomic mass is 16.7. The van der Waals surface area contributed by atoms with Crippen LogP contribution in [0.25, 0.3) is 0 Å². The predicted octanol–water partition coefficient (Wildman–Crippen LogP) is 1.82. The van der Waals surface area contributed by atoms with E-state index < -0.39 is 0 Å². The van der Waals surface area contributed by atoms with Gasteiger partial charge in [0.15, 0.2) is 6.29 Å². The third kappa shape index (κ3) is 5.72. The van der Waals surface area contributed by atoms with E-state index in [-0.39, 0.29) is 12.3 Å². The lowest BCUT2D eigenvalue weighted by Gasteiger charge is -2.15. The normalized spacial score (nSPS) is 10.5. The maximum absolute atomic E-state index is 11.0. The lowest BCUT2D eigenvalue weighted by atomic mass is 10.1. The molecular weight excluding hydrogens is 246 g/mol. The molecule has 0 bridgehead atoms. The summed E-state index contributed by atoms with van der Waals surface area (Å²) in [6.07, 6.45) is 0.823. The number of hydrogen-bond donors (Lipinski definition) is 1. The van der Waals surface area contributed by atoms with Gasteiger partial charge in [0, 0.05) is 26.3 Å². The first-order valence-corrected chi connectivity index (χ1v) is 6.14. The van der Waals surface area contributed by atoms with Crippen LogP contribution in [0.2, 0.25) is 0 Å². The van der Waals surface area contributed by atoms with E-state index in [0.717, 1.165) is 11.3 Å². The summed E-state index contributed by atoms with van der Waals surface area (Å²) in [5.41, 5.74) is 2.09. The van der Waals surface area contributed by atoms with Crippen LogP contribution < -0.4 is 5.32 Å². The van der Waals surface area contributed by atoms with E-state index in [4.69, 9.17) is 9.47 Å². The molecule has 0 saturated heterocycles. The molecule has 106 valence electrons. The van der Waals surface area contributed by atoms with Crippen molar-refractivity contribution in [1.29, 1.82) is 0 Å². The van der Waals surface area contributed by atoms with Crippen molar-refractivity contribution in [2.75, 3.05) is 33.2 Å². The predicted molar refractivity (Wildman–Crippen MR) is 73.1 cm³/mol. The Labute approximate surface area is 113 Å². The Hall–Kier alpha value is -1.59. The molecule has 0 atom stereocenters. The van der Waals surface area contributed by atoms with Crippen LogP contribution in [-0.4, -0.2) is 40.1 Å². The van der Waals surface area contributed by atoms with Crippen molar-refractivity contribution in [2.24, 2.45) is 0 Å². The standard InChI is InChI=1S/C14H21NO4/c1-17-13(16)9-6-11-4-7-12(8-5-11)15-10-14(18-2)19-3/h4-5,7-8,14-15H,6,9-10H2,1-3H3. The van der Waals surface area contributed by atoms with Crippen molar-refractivity contribution in [1.82, 2.24) is 0 Å². The van der Waals surface area contributed by atoms with Gasteiger partial charge in [-0.05, 0) is 24.1 Å². The molecule has 1 rings (SSSR count). The summed E-state index contributed by atoms with van der Waals surface area (Å²) in [4.78, 5) is 11.0. The largest absolute Gasteiger partial charge is 0.469 e. The van der Waals surface area contributed by atoms with Gasteiger partial charge in [0.25, 0.3) is 0 Å². The van der Waals surface area contributed by atoms with E-state index in [9.17, 15) is 4.79 Å². The molecule has 0 saturated carbocycles. The van der Waals surface area contributed by atoms with Crippen LogP contribution in [0.15, 0.2) is 24.3 Å². The molecule has 0 unspecified atom stereocenters. The number of aryl methyl sites for hydroxylation is 1. The fourth-order valence-electron chi connectivity index (χ4n) is 1.60. The molecular formula is C14H21NO4. The second kappa shape index (κ2) is 8.50. The molecule has 0 radical (unpaired) electrons. The van der Waals surface area contributed by atoms with Gasteiger partial charge >= 0.3 is 5.97 Å². The zero-order valence-corrected chi connectivity index (χ0v) is 11.6. The van der Waals surface area contributed by atoms with Crippen LogP contribution in [-0.2, 0) is 25.4 Å². The minimum Gasteiger partial charge on any atom is -0.469 e. The van der Waals surface area contributed by atoms with E-state index in [2.05, 4.69) is 10.1 Å². The van der Waals surface area contributed by atoms with Crippen molar-refractivity contribution in [3.8, 4) is 0 Å². The molecule has 0 spiro atoms. The monoisotopic (exact) mass is 267 g/mol. The number of nitrogens with one attached hydrogen (secondary N) is 1.